The molecule has 1 atom stereocenters. The van der Waals surface area contributed by atoms with E-state index in [2.05, 4.69) is 30.4 Å². The summed E-state index contributed by atoms with van der Waals surface area (Å²) in [4.78, 5) is 11.5. The topological polar surface area (TPSA) is 49.3 Å². The number of aryl methyl sites for hydroxylation is 2. The molecule has 1 aromatic carbocycles. The number of carboxylic acid groups (broad SMARTS) is 1. The van der Waals surface area contributed by atoms with Crippen molar-refractivity contribution in [2.75, 3.05) is 6.54 Å². The van der Waals surface area contributed by atoms with Crippen molar-refractivity contribution in [1.82, 2.24) is 5.32 Å². The Hall–Kier alpha value is -1.35. The molecule has 0 aliphatic carbocycles. The Morgan fingerprint density at radius 3 is 2.89 bits per heavy atom. The van der Waals surface area contributed by atoms with E-state index >= 15 is 0 Å². The Morgan fingerprint density at radius 2 is 2.28 bits per heavy atom. The first-order chi connectivity index (χ1) is 8.62. The third-order valence-electron chi connectivity index (χ3n) is 3.83. The Morgan fingerprint density at radius 1 is 1.44 bits per heavy atom. The van der Waals surface area contributed by atoms with E-state index in [0.29, 0.717) is 6.42 Å². The van der Waals surface area contributed by atoms with E-state index in [9.17, 15) is 9.90 Å². The number of aliphatic carboxylic acids is 1. The average molecular weight is 247 g/mol. The first-order valence-electron chi connectivity index (χ1n) is 6.66. The molecular weight excluding hydrogens is 226 g/mol. The van der Waals surface area contributed by atoms with E-state index in [1.54, 1.807) is 0 Å². The Bertz CT molecular complexity index is 422. The van der Waals surface area contributed by atoms with Crippen LogP contribution in [0.2, 0.25) is 0 Å². The summed E-state index contributed by atoms with van der Waals surface area (Å²) in [5.74, 6) is -0.699. The number of benzene rings is 1. The zero-order valence-corrected chi connectivity index (χ0v) is 10.9. The molecule has 0 saturated carbocycles. The Balaban J connectivity index is 2.04. The lowest BCUT2D eigenvalue weighted by Gasteiger charge is -2.34. The first-order valence-corrected chi connectivity index (χ1v) is 6.66. The van der Waals surface area contributed by atoms with Gasteiger partial charge in [-0.3, -0.25) is 4.79 Å². The molecule has 1 aromatic rings. The van der Waals surface area contributed by atoms with Crippen molar-refractivity contribution < 1.29 is 9.90 Å². The van der Waals surface area contributed by atoms with Crippen LogP contribution in [-0.2, 0) is 11.2 Å². The van der Waals surface area contributed by atoms with Crippen LogP contribution in [0.1, 0.15) is 36.8 Å². The molecule has 0 spiro atoms. The van der Waals surface area contributed by atoms with E-state index in [4.69, 9.17) is 0 Å². The van der Waals surface area contributed by atoms with E-state index in [1.807, 2.05) is 6.07 Å². The first kappa shape index (κ1) is 13.1. The maximum atomic E-state index is 11.5. The quantitative estimate of drug-likeness (QED) is 0.859. The van der Waals surface area contributed by atoms with E-state index < -0.39 is 11.5 Å². The van der Waals surface area contributed by atoms with Gasteiger partial charge in [-0.25, -0.2) is 0 Å². The van der Waals surface area contributed by atoms with Gasteiger partial charge in [-0.05, 0) is 51.1 Å². The van der Waals surface area contributed by atoms with Crippen LogP contribution in [-0.4, -0.2) is 23.2 Å². The van der Waals surface area contributed by atoms with Crippen LogP contribution in [0.5, 0.6) is 0 Å². The molecular formula is C15H21NO2. The third kappa shape index (κ3) is 2.91. The van der Waals surface area contributed by atoms with E-state index in [1.165, 1.54) is 11.1 Å². The maximum Gasteiger partial charge on any atom is 0.323 e. The van der Waals surface area contributed by atoms with Crippen LogP contribution in [0.4, 0.5) is 0 Å². The lowest BCUT2D eigenvalue weighted by Crippen LogP contribution is -2.54. The minimum Gasteiger partial charge on any atom is -0.480 e. The molecule has 1 saturated heterocycles. The van der Waals surface area contributed by atoms with Gasteiger partial charge in [0, 0.05) is 0 Å². The predicted molar refractivity (Wildman–Crippen MR) is 71.7 cm³/mol. The Kier molecular flexibility index (Phi) is 4.02. The van der Waals surface area contributed by atoms with Gasteiger partial charge >= 0.3 is 5.97 Å². The molecule has 2 rings (SSSR count). The SMILES string of the molecule is Cc1cccc(CCC2(C(=O)O)CCCCN2)c1. The van der Waals surface area contributed by atoms with Gasteiger partial charge in [0.05, 0.1) is 0 Å². The molecule has 0 bridgehead atoms. The summed E-state index contributed by atoms with van der Waals surface area (Å²) in [5.41, 5.74) is 1.75. The molecule has 0 amide bonds. The fourth-order valence-corrected chi connectivity index (χ4v) is 2.70. The molecule has 0 aromatic heterocycles. The second-order valence-electron chi connectivity index (χ2n) is 5.26. The minimum atomic E-state index is -0.706. The molecule has 1 fully saturated rings. The second-order valence-corrected chi connectivity index (χ2v) is 5.26. The van der Waals surface area contributed by atoms with Crippen LogP contribution < -0.4 is 5.32 Å². The van der Waals surface area contributed by atoms with Crippen molar-refractivity contribution in [3.8, 4) is 0 Å². The highest BCUT2D eigenvalue weighted by Gasteiger charge is 2.38. The highest BCUT2D eigenvalue weighted by atomic mass is 16.4. The summed E-state index contributed by atoms with van der Waals surface area (Å²) in [6.45, 7) is 2.88. The highest BCUT2D eigenvalue weighted by Crippen LogP contribution is 2.25. The number of rotatable bonds is 4. The molecule has 18 heavy (non-hydrogen) atoms. The number of carboxylic acids is 1. The fraction of sp³-hybridized carbons (Fsp3) is 0.533. The molecule has 1 aliphatic heterocycles. The van der Waals surface area contributed by atoms with Crippen LogP contribution in [0.3, 0.4) is 0 Å². The van der Waals surface area contributed by atoms with Gasteiger partial charge in [0.1, 0.15) is 5.54 Å². The van der Waals surface area contributed by atoms with Crippen LogP contribution >= 0.6 is 0 Å². The molecule has 1 heterocycles. The zero-order chi connectivity index (χ0) is 13.0. The van der Waals surface area contributed by atoms with Gasteiger partial charge < -0.3 is 10.4 Å². The Labute approximate surface area is 108 Å². The fourth-order valence-electron chi connectivity index (χ4n) is 2.70. The molecule has 0 radical (unpaired) electrons. The van der Waals surface area contributed by atoms with Crippen molar-refractivity contribution >= 4 is 5.97 Å². The van der Waals surface area contributed by atoms with E-state index in [-0.39, 0.29) is 0 Å². The van der Waals surface area contributed by atoms with Gasteiger partial charge in [-0.2, -0.15) is 0 Å². The van der Waals surface area contributed by atoms with Gasteiger partial charge in [0.25, 0.3) is 0 Å². The lowest BCUT2D eigenvalue weighted by atomic mass is 9.83. The molecule has 2 N–H and O–H groups in total. The van der Waals surface area contributed by atoms with Crippen molar-refractivity contribution in [2.45, 2.75) is 44.6 Å². The number of carbonyl (C=O) groups is 1. The number of hydrogen-bond donors (Lipinski definition) is 2. The molecule has 3 nitrogen and oxygen atoms in total. The molecule has 98 valence electrons. The van der Waals surface area contributed by atoms with Crippen molar-refractivity contribution in [3.05, 3.63) is 35.4 Å². The maximum absolute atomic E-state index is 11.5. The molecule has 3 heteroatoms. The molecule has 1 unspecified atom stereocenters. The summed E-state index contributed by atoms with van der Waals surface area (Å²) in [6, 6.07) is 8.31. The lowest BCUT2D eigenvalue weighted by molar-refractivity contribution is -0.146. The minimum absolute atomic E-state index is 0.672. The van der Waals surface area contributed by atoms with Crippen molar-refractivity contribution in [2.24, 2.45) is 0 Å². The second kappa shape index (κ2) is 5.53. The summed E-state index contributed by atoms with van der Waals surface area (Å²) >= 11 is 0. The predicted octanol–water partition coefficient (Wildman–Crippen LogP) is 2.52. The summed E-state index contributed by atoms with van der Waals surface area (Å²) in [6.07, 6.45) is 4.33. The van der Waals surface area contributed by atoms with Crippen LogP contribution in [0.15, 0.2) is 24.3 Å². The van der Waals surface area contributed by atoms with Gasteiger partial charge in [0.15, 0.2) is 0 Å². The number of hydrogen-bond acceptors (Lipinski definition) is 2. The standard InChI is InChI=1S/C15H21NO2/c1-12-5-4-6-13(11-12)7-9-15(14(17)18)8-2-3-10-16-15/h4-6,11,16H,2-3,7-10H2,1H3,(H,17,18). The number of piperidine rings is 1. The van der Waals surface area contributed by atoms with E-state index in [0.717, 1.165) is 32.2 Å². The normalized spacial score (nSPS) is 23.8. The third-order valence-corrected chi connectivity index (χ3v) is 3.83. The smallest absolute Gasteiger partial charge is 0.323 e. The highest BCUT2D eigenvalue weighted by molar-refractivity contribution is 5.79. The van der Waals surface area contributed by atoms with Gasteiger partial charge in [-0.1, -0.05) is 29.8 Å². The summed E-state index contributed by atoms with van der Waals surface area (Å²) < 4.78 is 0. The average Bonchev–Trinajstić information content (AvgIpc) is 2.37. The number of nitrogens with one attached hydrogen (secondary N) is 1. The van der Waals surface area contributed by atoms with Crippen molar-refractivity contribution in [3.63, 3.8) is 0 Å². The van der Waals surface area contributed by atoms with Crippen molar-refractivity contribution in [1.29, 1.82) is 0 Å². The zero-order valence-electron chi connectivity index (χ0n) is 10.9. The summed E-state index contributed by atoms with van der Waals surface area (Å²) in [7, 11) is 0. The van der Waals surface area contributed by atoms with Crippen LogP contribution in [0.25, 0.3) is 0 Å². The monoisotopic (exact) mass is 247 g/mol. The summed E-state index contributed by atoms with van der Waals surface area (Å²) in [5, 5.41) is 12.7. The molecule has 1 aliphatic rings. The van der Waals surface area contributed by atoms with Gasteiger partial charge in [0.2, 0.25) is 0 Å². The largest absolute Gasteiger partial charge is 0.480 e. The van der Waals surface area contributed by atoms with Crippen LogP contribution in [0, 0.1) is 6.92 Å². The van der Waals surface area contributed by atoms with Gasteiger partial charge in [-0.15, -0.1) is 0 Å².